The van der Waals surface area contributed by atoms with Gasteiger partial charge in [0.2, 0.25) is 17.3 Å². The highest BCUT2D eigenvalue weighted by molar-refractivity contribution is 5.95. The largest absolute Gasteiger partial charge is 1.00 e. The number of nitrogens with zero attached hydrogens (tertiary/aromatic N) is 2. The van der Waals surface area contributed by atoms with Crippen molar-refractivity contribution in [2.24, 2.45) is 0 Å². The molecular formula is C15H21ClN5O5-. The molecule has 0 aliphatic rings. The van der Waals surface area contributed by atoms with Crippen LogP contribution in [0.3, 0.4) is 0 Å². The zero-order chi connectivity index (χ0) is 18.2. The summed E-state index contributed by atoms with van der Waals surface area (Å²) in [5.41, 5.74) is 6.32. The number of carbonyl (C=O) groups excluding carboxylic acids is 1. The molecule has 0 fully saturated rings. The summed E-state index contributed by atoms with van der Waals surface area (Å²) in [6, 6.07) is 3.69. The van der Waals surface area contributed by atoms with Crippen molar-refractivity contribution >= 4 is 11.7 Å². The van der Waals surface area contributed by atoms with Crippen molar-refractivity contribution in [2.75, 3.05) is 40.2 Å². The standard InChI is InChI=1S/C15H21N5O5.ClH/c1-22-10-5-4-9(12(23-2)13(10)24-3)8-17-6-7-18-15(21)11-14(16)20-25-19-11;/h4-5,17H,6-8H2,1-3H3,(H2,16,20)(H,18,21);1H/p-1. The third-order valence-electron chi connectivity index (χ3n) is 3.42. The van der Waals surface area contributed by atoms with E-state index in [0.717, 1.165) is 5.56 Å². The van der Waals surface area contributed by atoms with Gasteiger partial charge in [-0.1, -0.05) is 6.07 Å². The van der Waals surface area contributed by atoms with Crippen LogP contribution in [0, 0.1) is 0 Å². The van der Waals surface area contributed by atoms with E-state index in [0.29, 0.717) is 36.9 Å². The molecule has 1 aromatic heterocycles. The van der Waals surface area contributed by atoms with Gasteiger partial charge in [-0.2, -0.15) is 0 Å². The topological polar surface area (TPSA) is 134 Å². The average molecular weight is 387 g/mol. The van der Waals surface area contributed by atoms with E-state index in [1.54, 1.807) is 27.4 Å². The monoisotopic (exact) mass is 386 g/mol. The molecule has 0 saturated carbocycles. The molecule has 11 heteroatoms. The summed E-state index contributed by atoms with van der Waals surface area (Å²) in [5.74, 6) is 1.24. The smallest absolute Gasteiger partial charge is 0.277 e. The van der Waals surface area contributed by atoms with Gasteiger partial charge in [0.15, 0.2) is 11.5 Å². The Morgan fingerprint density at radius 3 is 2.42 bits per heavy atom. The number of halogens is 1. The average Bonchev–Trinajstić information content (AvgIpc) is 3.06. The highest BCUT2D eigenvalue weighted by atomic mass is 35.5. The maximum absolute atomic E-state index is 11.8. The molecule has 26 heavy (non-hydrogen) atoms. The number of rotatable bonds is 9. The minimum atomic E-state index is -0.441. The normalized spacial score (nSPS) is 9.96. The second-order valence-electron chi connectivity index (χ2n) is 4.92. The predicted octanol–water partition coefficient (Wildman–Crippen LogP) is -2.80. The van der Waals surface area contributed by atoms with E-state index in [-0.39, 0.29) is 23.9 Å². The van der Waals surface area contributed by atoms with Gasteiger partial charge < -0.3 is 43.0 Å². The van der Waals surface area contributed by atoms with Crippen LogP contribution >= 0.6 is 0 Å². The van der Waals surface area contributed by atoms with Gasteiger partial charge in [0, 0.05) is 25.2 Å². The van der Waals surface area contributed by atoms with Crippen LogP contribution in [-0.4, -0.2) is 50.6 Å². The van der Waals surface area contributed by atoms with Crippen LogP contribution in [0.2, 0.25) is 0 Å². The molecule has 0 bridgehead atoms. The third kappa shape index (κ3) is 4.90. The van der Waals surface area contributed by atoms with Crippen LogP contribution < -0.4 is 43.0 Å². The maximum atomic E-state index is 11.8. The fraction of sp³-hybridized carbons (Fsp3) is 0.400. The van der Waals surface area contributed by atoms with E-state index in [2.05, 4.69) is 25.6 Å². The van der Waals surface area contributed by atoms with Gasteiger partial charge in [-0.15, -0.1) is 0 Å². The van der Waals surface area contributed by atoms with Crippen molar-refractivity contribution in [3.8, 4) is 17.2 Å². The highest BCUT2D eigenvalue weighted by Gasteiger charge is 2.16. The first-order chi connectivity index (χ1) is 12.1. The summed E-state index contributed by atoms with van der Waals surface area (Å²) >= 11 is 0. The van der Waals surface area contributed by atoms with Gasteiger partial charge in [0.25, 0.3) is 5.91 Å². The summed E-state index contributed by atoms with van der Waals surface area (Å²) in [4.78, 5) is 11.8. The molecule has 0 aliphatic carbocycles. The Hall–Kier alpha value is -2.72. The lowest BCUT2D eigenvalue weighted by Crippen LogP contribution is -3.00. The SMILES string of the molecule is COc1ccc(CNCCNC(=O)c2nonc2N)c(OC)c1OC.[Cl-]. The molecule has 1 amide bonds. The Morgan fingerprint density at radius 1 is 1.12 bits per heavy atom. The second-order valence-corrected chi connectivity index (χ2v) is 4.92. The first-order valence-corrected chi connectivity index (χ1v) is 7.47. The maximum Gasteiger partial charge on any atom is 0.277 e. The Balaban J connectivity index is 0.00000338. The van der Waals surface area contributed by atoms with E-state index >= 15 is 0 Å². The summed E-state index contributed by atoms with van der Waals surface area (Å²) in [6.07, 6.45) is 0. The fourth-order valence-electron chi connectivity index (χ4n) is 2.23. The van der Waals surface area contributed by atoms with Crippen LogP contribution in [0.25, 0.3) is 0 Å². The number of anilines is 1. The molecule has 2 aromatic rings. The van der Waals surface area contributed by atoms with Crippen molar-refractivity contribution in [3.63, 3.8) is 0 Å². The quantitative estimate of drug-likeness (QED) is 0.391. The van der Waals surface area contributed by atoms with Crippen molar-refractivity contribution < 1.29 is 36.0 Å². The third-order valence-corrected chi connectivity index (χ3v) is 3.42. The molecule has 144 valence electrons. The van der Waals surface area contributed by atoms with Gasteiger partial charge in [0.1, 0.15) is 0 Å². The Morgan fingerprint density at radius 2 is 1.85 bits per heavy atom. The Bertz CT molecular complexity index is 724. The second kappa shape index (κ2) is 10.3. The highest BCUT2D eigenvalue weighted by Crippen LogP contribution is 2.39. The lowest BCUT2D eigenvalue weighted by Gasteiger charge is -2.16. The van der Waals surface area contributed by atoms with E-state index < -0.39 is 5.91 Å². The number of nitrogens with one attached hydrogen (secondary N) is 2. The molecule has 0 aliphatic heterocycles. The molecule has 0 atom stereocenters. The molecule has 1 heterocycles. The Kier molecular flexibility index (Phi) is 8.46. The number of nitrogens with two attached hydrogens (primary N) is 1. The van der Waals surface area contributed by atoms with E-state index in [4.69, 9.17) is 19.9 Å². The summed E-state index contributed by atoms with van der Waals surface area (Å²) in [7, 11) is 4.68. The molecule has 1 aromatic carbocycles. The summed E-state index contributed by atoms with van der Waals surface area (Å²) in [5, 5.41) is 12.6. The van der Waals surface area contributed by atoms with Crippen LogP contribution in [-0.2, 0) is 6.54 Å². The van der Waals surface area contributed by atoms with Crippen LogP contribution in [0.4, 0.5) is 5.82 Å². The number of methoxy groups -OCH3 is 3. The van der Waals surface area contributed by atoms with Gasteiger partial charge in [-0.25, -0.2) is 4.63 Å². The van der Waals surface area contributed by atoms with Gasteiger partial charge in [-0.05, 0) is 16.4 Å². The minimum absolute atomic E-state index is 0. The van der Waals surface area contributed by atoms with E-state index in [1.165, 1.54) is 0 Å². The van der Waals surface area contributed by atoms with E-state index in [1.807, 2.05) is 6.07 Å². The molecular weight excluding hydrogens is 366 g/mol. The number of ether oxygens (including phenoxy) is 3. The number of benzene rings is 1. The number of nitrogen functional groups attached to an aromatic ring is 1. The van der Waals surface area contributed by atoms with E-state index in [9.17, 15) is 4.79 Å². The molecule has 0 spiro atoms. The van der Waals surface area contributed by atoms with Gasteiger partial charge >= 0.3 is 0 Å². The number of hydrogen-bond acceptors (Lipinski definition) is 9. The first kappa shape index (κ1) is 21.3. The lowest BCUT2D eigenvalue weighted by atomic mass is 10.1. The molecule has 0 radical (unpaired) electrons. The molecule has 0 saturated heterocycles. The van der Waals surface area contributed by atoms with Crippen molar-refractivity contribution in [2.45, 2.75) is 6.54 Å². The number of carbonyl (C=O) groups is 1. The number of amides is 1. The summed E-state index contributed by atoms with van der Waals surface area (Å²) in [6.45, 7) is 1.42. The minimum Gasteiger partial charge on any atom is -1.00 e. The number of hydrogen-bond donors (Lipinski definition) is 3. The molecule has 0 unspecified atom stereocenters. The zero-order valence-corrected chi connectivity index (χ0v) is 15.4. The van der Waals surface area contributed by atoms with Crippen LogP contribution in [0.1, 0.15) is 16.1 Å². The predicted molar refractivity (Wildman–Crippen MR) is 88.8 cm³/mol. The lowest BCUT2D eigenvalue weighted by molar-refractivity contribution is -0.0000148. The van der Waals surface area contributed by atoms with Crippen LogP contribution in [0.15, 0.2) is 16.8 Å². The first-order valence-electron chi connectivity index (χ1n) is 7.47. The molecule has 10 nitrogen and oxygen atoms in total. The van der Waals surface area contributed by atoms with Crippen LogP contribution in [0.5, 0.6) is 17.2 Å². The van der Waals surface area contributed by atoms with Crippen molar-refractivity contribution in [3.05, 3.63) is 23.4 Å². The molecule has 4 N–H and O–H groups in total. The van der Waals surface area contributed by atoms with Gasteiger partial charge in [0.05, 0.1) is 21.3 Å². The van der Waals surface area contributed by atoms with Crippen molar-refractivity contribution in [1.29, 1.82) is 0 Å². The number of aromatic nitrogens is 2. The Labute approximate surface area is 156 Å². The van der Waals surface area contributed by atoms with Gasteiger partial charge in [-0.3, -0.25) is 4.79 Å². The fourth-order valence-corrected chi connectivity index (χ4v) is 2.23. The van der Waals surface area contributed by atoms with Crippen molar-refractivity contribution in [1.82, 2.24) is 20.9 Å². The summed E-state index contributed by atoms with van der Waals surface area (Å²) < 4.78 is 20.4. The molecule has 2 rings (SSSR count). The zero-order valence-electron chi connectivity index (χ0n) is 14.7.